The molecule has 1 aliphatic rings. The van der Waals surface area contributed by atoms with Gasteiger partial charge in [0.2, 0.25) is 15.8 Å². The molecule has 1 saturated heterocycles. The van der Waals surface area contributed by atoms with Gasteiger partial charge in [0.05, 0.1) is 18.1 Å². The predicted molar refractivity (Wildman–Crippen MR) is 99.6 cm³/mol. The van der Waals surface area contributed by atoms with Gasteiger partial charge in [-0.3, -0.25) is 4.79 Å². The summed E-state index contributed by atoms with van der Waals surface area (Å²) in [5.74, 6) is 0.376. The smallest absolute Gasteiger partial charge is 0.243 e. The molecule has 0 spiro atoms. The number of hydrogen-bond acceptors (Lipinski definition) is 6. The Morgan fingerprint density at radius 2 is 1.85 bits per heavy atom. The van der Waals surface area contributed by atoms with Crippen LogP contribution in [0, 0.1) is 13.8 Å². The van der Waals surface area contributed by atoms with Gasteiger partial charge in [-0.15, -0.1) is 11.3 Å². The average molecular weight is 396 g/mol. The van der Waals surface area contributed by atoms with Gasteiger partial charge < -0.3 is 9.47 Å². The van der Waals surface area contributed by atoms with Gasteiger partial charge in [0.1, 0.15) is 5.75 Å². The molecule has 0 aliphatic carbocycles. The van der Waals surface area contributed by atoms with Crippen molar-refractivity contribution in [1.82, 2.24) is 4.31 Å². The highest BCUT2D eigenvalue weighted by molar-refractivity contribution is 7.89. The largest absolute Gasteiger partial charge is 0.485 e. The van der Waals surface area contributed by atoms with Crippen LogP contribution in [0.2, 0.25) is 0 Å². The summed E-state index contributed by atoms with van der Waals surface area (Å²) < 4.78 is 37.3. The first-order valence-electron chi connectivity index (χ1n) is 8.29. The molecule has 0 atom stereocenters. The van der Waals surface area contributed by atoms with Crippen LogP contribution in [0.4, 0.5) is 0 Å². The summed E-state index contributed by atoms with van der Waals surface area (Å²) in [5.41, 5.74) is 0.680. The fraction of sp³-hybridized carbons (Fsp3) is 0.389. The summed E-state index contributed by atoms with van der Waals surface area (Å²) in [6, 6.07) is 8.03. The number of thiophene rings is 1. The number of sulfonamides is 1. The highest BCUT2D eigenvalue weighted by Crippen LogP contribution is 2.23. The van der Waals surface area contributed by atoms with E-state index < -0.39 is 10.0 Å². The number of morpholine rings is 1. The number of carbonyl (C=O) groups is 1. The number of rotatable bonds is 6. The zero-order chi connectivity index (χ0) is 18.7. The molecule has 140 valence electrons. The molecule has 8 heteroatoms. The monoisotopic (exact) mass is 395 g/mol. The van der Waals surface area contributed by atoms with Crippen LogP contribution in [0.25, 0.3) is 0 Å². The van der Waals surface area contributed by atoms with Crippen LogP contribution >= 0.6 is 11.3 Å². The van der Waals surface area contributed by atoms with E-state index in [0.29, 0.717) is 37.6 Å². The molecule has 1 aliphatic heterocycles. The number of ketones is 1. The van der Waals surface area contributed by atoms with Gasteiger partial charge in [-0.1, -0.05) is 0 Å². The van der Waals surface area contributed by atoms with Gasteiger partial charge in [-0.05, 0) is 44.2 Å². The summed E-state index contributed by atoms with van der Waals surface area (Å²) in [4.78, 5) is 14.5. The molecule has 0 radical (unpaired) electrons. The highest BCUT2D eigenvalue weighted by Gasteiger charge is 2.26. The summed E-state index contributed by atoms with van der Waals surface area (Å²) in [7, 11) is -3.52. The van der Waals surface area contributed by atoms with Crippen molar-refractivity contribution < 1.29 is 22.7 Å². The van der Waals surface area contributed by atoms with Crippen molar-refractivity contribution >= 4 is 27.1 Å². The second-order valence-corrected chi connectivity index (χ2v) is 9.43. The van der Waals surface area contributed by atoms with E-state index in [1.807, 2.05) is 19.9 Å². The first kappa shape index (κ1) is 19.0. The second-order valence-electron chi connectivity index (χ2n) is 6.03. The minimum Gasteiger partial charge on any atom is -0.485 e. The molecule has 6 nitrogen and oxygen atoms in total. The molecule has 0 bridgehead atoms. The Morgan fingerprint density at radius 1 is 1.19 bits per heavy atom. The van der Waals surface area contributed by atoms with Crippen LogP contribution < -0.4 is 4.74 Å². The van der Waals surface area contributed by atoms with Crippen LogP contribution in [0.3, 0.4) is 0 Å². The maximum Gasteiger partial charge on any atom is 0.243 e. The van der Waals surface area contributed by atoms with Crippen molar-refractivity contribution in [2.24, 2.45) is 0 Å². The topological polar surface area (TPSA) is 72.9 Å². The fourth-order valence-corrected chi connectivity index (χ4v) is 5.13. The molecular weight excluding hydrogens is 374 g/mol. The van der Waals surface area contributed by atoms with E-state index in [0.717, 1.165) is 9.75 Å². The maximum atomic E-state index is 12.6. The number of Topliss-reactive ketones (excluding diaryl/α,β-unsaturated/α-hetero) is 1. The molecule has 0 saturated carbocycles. The lowest BCUT2D eigenvalue weighted by Crippen LogP contribution is -2.40. The average Bonchev–Trinajstić information content (AvgIpc) is 2.99. The number of nitrogens with zero attached hydrogens (tertiary/aromatic N) is 1. The lowest BCUT2D eigenvalue weighted by Gasteiger charge is -2.26. The summed E-state index contributed by atoms with van der Waals surface area (Å²) in [6.07, 6.45) is 0. The minimum atomic E-state index is -3.52. The molecule has 1 aromatic heterocycles. The molecule has 1 aromatic carbocycles. The van der Waals surface area contributed by atoms with Crippen molar-refractivity contribution in [3.05, 3.63) is 45.6 Å². The third-order valence-electron chi connectivity index (χ3n) is 4.14. The van der Waals surface area contributed by atoms with E-state index in [9.17, 15) is 13.2 Å². The molecule has 2 heterocycles. The lowest BCUT2D eigenvalue weighted by molar-refractivity contribution is 0.0730. The van der Waals surface area contributed by atoms with Gasteiger partial charge in [0.15, 0.2) is 6.61 Å². The van der Waals surface area contributed by atoms with Crippen molar-refractivity contribution in [3.63, 3.8) is 0 Å². The highest BCUT2D eigenvalue weighted by atomic mass is 32.2. The number of carbonyl (C=O) groups excluding carboxylic acids is 1. The van der Waals surface area contributed by atoms with Crippen molar-refractivity contribution in [2.45, 2.75) is 18.7 Å². The Hall–Kier alpha value is -1.74. The van der Waals surface area contributed by atoms with Crippen LogP contribution in [0.1, 0.15) is 20.1 Å². The summed E-state index contributed by atoms with van der Waals surface area (Å²) in [5, 5.41) is 0. The van der Waals surface area contributed by atoms with E-state index in [1.54, 1.807) is 23.5 Å². The third kappa shape index (κ3) is 4.15. The van der Waals surface area contributed by atoms with E-state index in [2.05, 4.69) is 0 Å². The van der Waals surface area contributed by atoms with Crippen LogP contribution in [-0.4, -0.2) is 51.4 Å². The van der Waals surface area contributed by atoms with Crippen LogP contribution in [-0.2, 0) is 14.8 Å². The number of benzene rings is 1. The van der Waals surface area contributed by atoms with E-state index in [1.165, 1.54) is 16.4 Å². The van der Waals surface area contributed by atoms with Crippen molar-refractivity contribution in [2.75, 3.05) is 32.9 Å². The number of aryl methyl sites for hydroxylation is 2. The molecular formula is C18H21NO5S2. The number of hydrogen-bond donors (Lipinski definition) is 0. The van der Waals surface area contributed by atoms with E-state index in [-0.39, 0.29) is 17.3 Å². The summed E-state index contributed by atoms with van der Waals surface area (Å²) in [6.45, 7) is 5.32. The van der Waals surface area contributed by atoms with Crippen molar-refractivity contribution in [3.8, 4) is 5.75 Å². The van der Waals surface area contributed by atoms with Crippen molar-refractivity contribution in [1.29, 1.82) is 0 Å². The van der Waals surface area contributed by atoms with Gasteiger partial charge >= 0.3 is 0 Å². The molecule has 0 amide bonds. The standard InChI is InChI=1S/C18H21NO5S2/c1-13-11-17(14(2)25-13)18(20)12-24-15-3-5-16(6-4-15)26(21,22)19-7-9-23-10-8-19/h3-6,11H,7-10,12H2,1-2H3. The molecule has 2 aromatic rings. The Bertz CT molecular complexity index is 881. The third-order valence-corrected chi connectivity index (χ3v) is 7.02. The van der Waals surface area contributed by atoms with Gasteiger partial charge in [0, 0.05) is 28.4 Å². The second kappa shape index (κ2) is 7.87. The zero-order valence-electron chi connectivity index (χ0n) is 14.7. The lowest BCUT2D eigenvalue weighted by atomic mass is 10.2. The first-order chi connectivity index (χ1) is 12.4. The number of ether oxygens (including phenoxy) is 2. The van der Waals surface area contributed by atoms with Crippen LogP contribution in [0.5, 0.6) is 5.75 Å². The quantitative estimate of drug-likeness (QED) is 0.703. The normalized spacial score (nSPS) is 15.8. The SMILES string of the molecule is Cc1cc(C(=O)COc2ccc(S(=O)(=O)N3CCOCC3)cc2)c(C)s1. The molecule has 1 fully saturated rings. The van der Waals surface area contributed by atoms with Gasteiger partial charge in [0.25, 0.3) is 0 Å². The first-order valence-corrected chi connectivity index (χ1v) is 10.5. The molecule has 26 heavy (non-hydrogen) atoms. The summed E-state index contributed by atoms with van der Waals surface area (Å²) >= 11 is 1.58. The van der Waals surface area contributed by atoms with E-state index in [4.69, 9.17) is 9.47 Å². The zero-order valence-corrected chi connectivity index (χ0v) is 16.4. The van der Waals surface area contributed by atoms with Gasteiger partial charge in [-0.2, -0.15) is 4.31 Å². The Labute approximate surface area is 157 Å². The van der Waals surface area contributed by atoms with E-state index >= 15 is 0 Å². The predicted octanol–water partition coefficient (Wildman–Crippen LogP) is 2.65. The Balaban J connectivity index is 1.64. The molecule has 0 N–H and O–H groups in total. The molecule has 0 unspecified atom stereocenters. The Kier molecular flexibility index (Phi) is 5.76. The molecule has 3 rings (SSSR count). The fourth-order valence-electron chi connectivity index (χ4n) is 2.78. The maximum absolute atomic E-state index is 12.6. The van der Waals surface area contributed by atoms with Crippen LogP contribution in [0.15, 0.2) is 35.2 Å². The minimum absolute atomic E-state index is 0.0768. The van der Waals surface area contributed by atoms with Gasteiger partial charge in [-0.25, -0.2) is 8.42 Å². The Morgan fingerprint density at radius 3 is 2.42 bits per heavy atom.